The van der Waals surface area contributed by atoms with Gasteiger partial charge in [-0.05, 0) is 74.9 Å². The first-order valence-corrected chi connectivity index (χ1v) is 12.5. The van der Waals surface area contributed by atoms with Gasteiger partial charge >= 0.3 is 0 Å². The number of likely N-dealkylation sites (tertiary alicyclic amines) is 1. The van der Waals surface area contributed by atoms with Crippen molar-refractivity contribution in [1.82, 2.24) is 14.9 Å². The quantitative estimate of drug-likeness (QED) is 0.615. The largest absolute Gasteiger partial charge is 0.484 e. The van der Waals surface area contributed by atoms with Gasteiger partial charge in [-0.3, -0.25) is 0 Å². The molecule has 2 aliphatic rings. The first kappa shape index (κ1) is 24.8. The van der Waals surface area contributed by atoms with Gasteiger partial charge in [-0.15, -0.1) is 0 Å². The molecule has 0 unspecified atom stereocenters. The third-order valence-corrected chi connectivity index (χ3v) is 7.05. The van der Waals surface area contributed by atoms with E-state index in [1.807, 2.05) is 12.4 Å². The Balaban J connectivity index is 1.30. The van der Waals surface area contributed by atoms with Crippen molar-refractivity contribution in [1.29, 1.82) is 0 Å². The molecule has 1 aromatic heterocycles. The van der Waals surface area contributed by atoms with Crippen LogP contribution in [0.5, 0.6) is 5.75 Å². The van der Waals surface area contributed by atoms with E-state index < -0.39 is 11.6 Å². The molecule has 1 atom stereocenters. The van der Waals surface area contributed by atoms with Crippen LogP contribution in [0, 0.1) is 11.6 Å². The third-order valence-electron chi connectivity index (χ3n) is 7.05. The van der Waals surface area contributed by atoms with Gasteiger partial charge in [-0.1, -0.05) is 6.92 Å². The average Bonchev–Trinajstić information content (AvgIpc) is 2.85. The second-order valence-electron chi connectivity index (χ2n) is 9.62. The molecule has 8 heteroatoms. The van der Waals surface area contributed by atoms with Gasteiger partial charge in [0.05, 0.1) is 6.10 Å². The van der Waals surface area contributed by atoms with Crippen LogP contribution in [-0.4, -0.2) is 64.9 Å². The molecule has 0 spiro atoms. The Morgan fingerprint density at radius 2 is 1.65 bits per heavy atom. The molecule has 1 aromatic carbocycles. The van der Waals surface area contributed by atoms with Crippen LogP contribution in [0.3, 0.4) is 0 Å². The lowest BCUT2D eigenvalue weighted by Crippen LogP contribution is -2.39. The topological polar surface area (TPSA) is 61.7 Å². The summed E-state index contributed by atoms with van der Waals surface area (Å²) in [5, 5.41) is 9.47. The van der Waals surface area contributed by atoms with Crippen molar-refractivity contribution in [3.05, 3.63) is 47.3 Å². The van der Waals surface area contributed by atoms with E-state index in [0.29, 0.717) is 37.4 Å². The van der Waals surface area contributed by atoms with Crippen LogP contribution in [0.2, 0.25) is 0 Å². The molecule has 4 rings (SSSR count). The van der Waals surface area contributed by atoms with E-state index in [4.69, 9.17) is 4.74 Å². The molecule has 3 heterocycles. The summed E-state index contributed by atoms with van der Waals surface area (Å²) >= 11 is 0. The number of aromatic nitrogens is 2. The fourth-order valence-electron chi connectivity index (χ4n) is 4.82. The van der Waals surface area contributed by atoms with E-state index in [2.05, 4.69) is 26.7 Å². The predicted octanol–water partition coefficient (Wildman–Crippen LogP) is 4.32. The molecule has 0 aliphatic carbocycles. The Morgan fingerprint density at radius 3 is 2.21 bits per heavy atom. The molecule has 6 nitrogen and oxygen atoms in total. The van der Waals surface area contributed by atoms with Crippen molar-refractivity contribution < 1.29 is 18.6 Å². The SMILES string of the molecule is CCc1cnc(N2CCC(Oc3c(F)cc(C4CCN(CC[C@@H](C)O)CC4)cc3F)CC2)nc1. The highest BCUT2D eigenvalue weighted by molar-refractivity contribution is 5.34. The Bertz CT molecular complexity index is 902. The maximum Gasteiger partial charge on any atom is 0.225 e. The van der Waals surface area contributed by atoms with Crippen LogP contribution in [0.4, 0.5) is 14.7 Å². The fraction of sp³-hybridized carbons (Fsp3) is 0.615. The van der Waals surface area contributed by atoms with Gasteiger partial charge in [0, 0.05) is 44.9 Å². The molecule has 34 heavy (non-hydrogen) atoms. The van der Waals surface area contributed by atoms with Gasteiger partial charge in [-0.25, -0.2) is 18.7 Å². The lowest BCUT2D eigenvalue weighted by Gasteiger charge is -2.33. The molecule has 2 saturated heterocycles. The number of hydrogen-bond donors (Lipinski definition) is 1. The summed E-state index contributed by atoms with van der Waals surface area (Å²) < 4.78 is 35.6. The molecular formula is C26H36F2N4O2. The second-order valence-corrected chi connectivity index (χ2v) is 9.62. The van der Waals surface area contributed by atoms with E-state index in [9.17, 15) is 13.9 Å². The lowest BCUT2D eigenvalue weighted by atomic mass is 9.89. The van der Waals surface area contributed by atoms with Gasteiger partial charge < -0.3 is 19.6 Å². The van der Waals surface area contributed by atoms with Gasteiger partial charge in [0.1, 0.15) is 6.10 Å². The predicted molar refractivity (Wildman–Crippen MR) is 128 cm³/mol. The summed E-state index contributed by atoms with van der Waals surface area (Å²) in [5.41, 5.74) is 1.80. The number of aryl methyl sites for hydroxylation is 1. The summed E-state index contributed by atoms with van der Waals surface area (Å²) in [4.78, 5) is 13.2. The minimum Gasteiger partial charge on any atom is -0.484 e. The van der Waals surface area contributed by atoms with Crippen LogP contribution in [-0.2, 0) is 6.42 Å². The number of nitrogens with zero attached hydrogens (tertiary/aromatic N) is 4. The van der Waals surface area contributed by atoms with Crippen LogP contribution in [0.1, 0.15) is 63.0 Å². The molecule has 0 radical (unpaired) electrons. The zero-order valence-electron chi connectivity index (χ0n) is 20.2. The first-order chi connectivity index (χ1) is 16.4. The molecule has 2 fully saturated rings. The molecule has 2 aliphatic heterocycles. The number of piperidine rings is 2. The van der Waals surface area contributed by atoms with Crippen molar-refractivity contribution in [3.63, 3.8) is 0 Å². The monoisotopic (exact) mass is 474 g/mol. The van der Waals surface area contributed by atoms with Crippen molar-refractivity contribution in [3.8, 4) is 5.75 Å². The minimum atomic E-state index is -0.618. The van der Waals surface area contributed by atoms with Crippen LogP contribution in [0.15, 0.2) is 24.5 Å². The zero-order valence-corrected chi connectivity index (χ0v) is 20.2. The summed E-state index contributed by atoms with van der Waals surface area (Å²) in [7, 11) is 0. The van der Waals surface area contributed by atoms with Crippen LogP contribution in [0.25, 0.3) is 0 Å². The molecule has 2 aromatic rings. The minimum absolute atomic E-state index is 0.142. The Labute approximate surface area is 201 Å². The zero-order chi connectivity index (χ0) is 24.1. The summed E-state index contributed by atoms with van der Waals surface area (Å²) in [6, 6.07) is 2.90. The van der Waals surface area contributed by atoms with Crippen molar-refractivity contribution in [2.24, 2.45) is 0 Å². The van der Waals surface area contributed by atoms with Crippen molar-refractivity contribution >= 4 is 5.95 Å². The van der Waals surface area contributed by atoms with Crippen molar-refractivity contribution in [2.45, 2.75) is 70.5 Å². The molecule has 0 saturated carbocycles. The second kappa shape index (κ2) is 11.4. The number of aliphatic hydroxyl groups excluding tert-OH is 1. The molecule has 1 N–H and O–H groups in total. The normalized spacial score (nSPS) is 19.4. The first-order valence-electron chi connectivity index (χ1n) is 12.5. The maximum absolute atomic E-state index is 14.9. The van der Waals surface area contributed by atoms with Gasteiger partial charge in [0.2, 0.25) is 5.95 Å². The van der Waals surface area contributed by atoms with E-state index in [1.165, 1.54) is 12.1 Å². The highest BCUT2D eigenvalue weighted by Crippen LogP contribution is 2.34. The van der Waals surface area contributed by atoms with E-state index in [-0.39, 0.29) is 23.9 Å². The molecule has 0 bridgehead atoms. The molecule has 0 amide bonds. The highest BCUT2D eigenvalue weighted by atomic mass is 19.1. The van der Waals surface area contributed by atoms with E-state index >= 15 is 0 Å². The average molecular weight is 475 g/mol. The van der Waals surface area contributed by atoms with Gasteiger partial charge in [0.15, 0.2) is 17.4 Å². The Kier molecular flexibility index (Phi) is 8.32. The molecule has 186 valence electrons. The maximum atomic E-state index is 14.9. The Hall–Kier alpha value is -2.32. The van der Waals surface area contributed by atoms with Crippen molar-refractivity contribution in [2.75, 3.05) is 37.6 Å². The van der Waals surface area contributed by atoms with Crippen LogP contribution < -0.4 is 9.64 Å². The summed E-state index contributed by atoms with van der Waals surface area (Å²) in [5.74, 6) is -0.669. The number of hydrogen-bond acceptors (Lipinski definition) is 6. The number of benzene rings is 1. The number of halogens is 2. The van der Waals surface area contributed by atoms with Crippen LogP contribution >= 0.6 is 0 Å². The number of anilines is 1. The molecular weight excluding hydrogens is 438 g/mol. The van der Waals surface area contributed by atoms with E-state index in [1.54, 1.807) is 6.92 Å². The fourth-order valence-corrected chi connectivity index (χ4v) is 4.82. The highest BCUT2D eigenvalue weighted by Gasteiger charge is 2.27. The number of aliphatic hydroxyl groups is 1. The smallest absolute Gasteiger partial charge is 0.225 e. The lowest BCUT2D eigenvalue weighted by molar-refractivity contribution is 0.142. The third kappa shape index (κ3) is 6.21. The Morgan fingerprint density at radius 1 is 1.03 bits per heavy atom. The van der Waals surface area contributed by atoms with E-state index in [0.717, 1.165) is 50.9 Å². The summed E-state index contributed by atoms with van der Waals surface area (Å²) in [6.45, 7) is 7.84. The summed E-state index contributed by atoms with van der Waals surface area (Å²) in [6.07, 6.45) is 7.82. The van der Waals surface area contributed by atoms with Gasteiger partial charge in [0.25, 0.3) is 0 Å². The number of rotatable bonds is 8. The standard InChI is InChI=1S/C26H36F2N4O2/c1-3-19-16-29-26(30-17-19)32-12-7-22(8-13-32)34-25-23(27)14-21(15-24(25)28)20-5-10-31(11-6-20)9-4-18(2)33/h14-18,20,22,33H,3-13H2,1-2H3/t18-/m1/s1. The van der Waals surface area contributed by atoms with Gasteiger partial charge in [-0.2, -0.15) is 0 Å². The number of ether oxygens (including phenoxy) is 1.